The third kappa shape index (κ3) is 3.76. The molecule has 2 rings (SSSR count). The first-order valence-electron chi connectivity index (χ1n) is 5.50. The number of hydrogen-bond acceptors (Lipinski definition) is 3. The summed E-state index contributed by atoms with van der Waals surface area (Å²) in [5, 5.41) is 6.86. The highest BCUT2D eigenvalue weighted by Gasteiger charge is 2.13. The minimum absolute atomic E-state index is 0.879. The SMILES string of the molecule is Clc1ccc(CNCCC2CCNC2)s1. The van der Waals surface area contributed by atoms with Gasteiger partial charge in [0.1, 0.15) is 0 Å². The van der Waals surface area contributed by atoms with Gasteiger partial charge in [-0.2, -0.15) is 0 Å². The normalized spacial score (nSPS) is 21.0. The van der Waals surface area contributed by atoms with Gasteiger partial charge in [-0.15, -0.1) is 11.3 Å². The van der Waals surface area contributed by atoms with Crippen molar-refractivity contribution >= 4 is 22.9 Å². The van der Waals surface area contributed by atoms with E-state index in [1.807, 2.05) is 6.07 Å². The molecule has 0 saturated carbocycles. The smallest absolute Gasteiger partial charge is 0.0931 e. The van der Waals surface area contributed by atoms with Gasteiger partial charge in [0.2, 0.25) is 0 Å². The van der Waals surface area contributed by atoms with Crippen LogP contribution in [0.2, 0.25) is 4.34 Å². The van der Waals surface area contributed by atoms with Crippen LogP contribution in [0.15, 0.2) is 12.1 Å². The molecular formula is C11H17ClN2S. The largest absolute Gasteiger partial charge is 0.316 e. The van der Waals surface area contributed by atoms with Crippen LogP contribution >= 0.6 is 22.9 Å². The van der Waals surface area contributed by atoms with E-state index in [9.17, 15) is 0 Å². The molecule has 4 heteroatoms. The standard InChI is InChI=1S/C11H17ClN2S/c12-11-2-1-10(15-11)8-14-6-4-9-3-5-13-7-9/h1-2,9,13-14H,3-8H2. The maximum absolute atomic E-state index is 5.86. The molecule has 2 nitrogen and oxygen atoms in total. The van der Waals surface area contributed by atoms with Crippen LogP contribution in [0.3, 0.4) is 0 Å². The molecule has 1 aliphatic rings. The maximum Gasteiger partial charge on any atom is 0.0931 e. The molecule has 84 valence electrons. The predicted octanol–water partition coefficient (Wildman–Crippen LogP) is 2.49. The van der Waals surface area contributed by atoms with Gasteiger partial charge >= 0.3 is 0 Å². The summed E-state index contributed by atoms with van der Waals surface area (Å²) in [7, 11) is 0. The average molecular weight is 245 g/mol. The summed E-state index contributed by atoms with van der Waals surface area (Å²) in [6.07, 6.45) is 2.62. The number of rotatable bonds is 5. The Morgan fingerprint density at radius 1 is 1.53 bits per heavy atom. The Balaban J connectivity index is 1.58. The highest BCUT2D eigenvalue weighted by atomic mass is 35.5. The van der Waals surface area contributed by atoms with E-state index < -0.39 is 0 Å². The molecule has 0 aromatic carbocycles. The Hall–Kier alpha value is -0.0900. The summed E-state index contributed by atoms with van der Waals surface area (Å²) < 4.78 is 0.881. The van der Waals surface area contributed by atoms with Gasteiger partial charge in [0, 0.05) is 11.4 Å². The second-order valence-electron chi connectivity index (χ2n) is 4.03. The van der Waals surface area contributed by atoms with E-state index in [-0.39, 0.29) is 0 Å². The zero-order valence-electron chi connectivity index (χ0n) is 8.76. The highest BCUT2D eigenvalue weighted by molar-refractivity contribution is 7.16. The van der Waals surface area contributed by atoms with Crippen LogP contribution in [-0.2, 0) is 6.54 Å². The maximum atomic E-state index is 5.86. The van der Waals surface area contributed by atoms with Gasteiger partial charge in [-0.3, -0.25) is 0 Å². The quantitative estimate of drug-likeness (QED) is 0.778. The molecule has 15 heavy (non-hydrogen) atoms. The van der Waals surface area contributed by atoms with Crippen LogP contribution in [0.4, 0.5) is 0 Å². The molecular weight excluding hydrogens is 228 g/mol. The Bertz CT molecular complexity index is 295. The lowest BCUT2D eigenvalue weighted by molar-refractivity contribution is 0.501. The monoisotopic (exact) mass is 244 g/mol. The molecule has 0 spiro atoms. The van der Waals surface area contributed by atoms with Crippen LogP contribution in [0.25, 0.3) is 0 Å². The summed E-state index contributed by atoms with van der Waals surface area (Å²) in [6, 6.07) is 4.06. The third-order valence-corrected chi connectivity index (χ3v) is 4.05. The lowest BCUT2D eigenvalue weighted by atomic mass is 10.1. The van der Waals surface area contributed by atoms with Crippen LogP contribution < -0.4 is 10.6 Å². The van der Waals surface area contributed by atoms with E-state index in [0.717, 1.165) is 23.3 Å². The Kier molecular flexibility index (Phi) is 4.44. The van der Waals surface area contributed by atoms with E-state index in [0.29, 0.717) is 0 Å². The third-order valence-electron chi connectivity index (χ3n) is 2.82. The first-order chi connectivity index (χ1) is 7.34. The summed E-state index contributed by atoms with van der Waals surface area (Å²) in [4.78, 5) is 1.32. The summed E-state index contributed by atoms with van der Waals surface area (Å²) in [5.74, 6) is 0.879. The molecule has 1 aliphatic heterocycles. The van der Waals surface area contributed by atoms with E-state index in [4.69, 9.17) is 11.6 Å². The fourth-order valence-corrected chi connectivity index (χ4v) is 2.98. The van der Waals surface area contributed by atoms with Crippen molar-refractivity contribution < 1.29 is 0 Å². The van der Waals surface area contributed by atoms with Gasteiger partial charge in [-0.05, 0) is 50.5 Å². The van der Waals surface area contributed by atoms with Gasteiger partial charge in [0.05, 0.1) is 4.34 Å². The van der Waals surface area contributed by atoms with Crippen LogP contribution in [0, 0.1) is 5.92 Å². The topological polar surface area (TPSA) is 24.1 Å². The Morgan fingerprint density at radius 3 is 3.13 bits per heavy atom. The minimum Gasteiger partial charge on any atom is -0.316 e. The molecule has 1 aromatic rings. The van der Waals surface area contributed by atoms with E-state index >= 15 is 0 Å². The minimum atomic E-state index is 0.879. The van der Waals surface area contributed by atoms with Crippen molar-refractivity contribution in [3.8, 4) is 0 Å². The van der Waals surface area contributed by atoms with Gasteiger partial charge in [0.25, 0.3) is 0 Å². The lowest BCUT2D eigenvalue weighted by Crippen LogP contribution is -2.18. The molecule has 1 atom stereocenters. The van der Waals surface area contributed by atoms with Crippen molar-refractivity contribution in [3.05, 3.63) is 21.3 Å². The van der Waals surface area contributed by atoms with Crippen molar-refractivity contribution in [2.75, 3.05) is 19.6 Å². The molecule has 0 aliphatic carbocycles. The fraction of sp³-hybridized carbons (Fsp3) is 0.636. The number of thiophene rings is 1. The molecule has 1 aromatic heterocycles. The van der Waals surface area contributed by atoms with Crippen LogP contribution in [-0.4, -0.2) is 19.6 Å². The Morgan fingerprint density at radius 2 is 2.47 bits per heavy atom. The fourth-order valence-electron chi connectivity index (χ4n) is 1.93. The van der Waals surface area contributed by atoms with Crippen molar-refractivity contribution in [2.45, 2.75) is 19.4 Å². The van der Waals surface area contributed by atoms with Crippen LogP contribution in [0.5, 0.6) is 0 Å². The second-order valence-corrected chi connectivity index (χ2v) is 5.83. The zero-order valence-corrected chi connectivity index (χ0v) is 10.3. The van der Waals surface area contributed by atoms with E-state index in [1.54, 1.807) is 11.3 Å². The number of hydrogen-bond donors (Lipinski definition) is 2. The van der Waals surface area contributed by atoms with Gasteiger partial charge in [-0.1, -0.05) is 11.6 Å². The summed E-state index contributed by atoms with van der Waals surface area (Å²) in [5.41, 5.74) is 0. The van der Waals surface area contributed by atoms with Gasteiger partial charge in [0.15, 0.2) is 0 Å². The lowest BCUT2D eigenvalue weighted by Gasteiger charge is -2.08. The van der Waals surface area contributed by atoms with Crippen molar-refractivity contribution in [3.63, 3.8) is 0 Å². The Labute approximate surface area is 100 Å². The van der Waals surface area contributed by atoms with Crippen molar-refractivity contribution in [2.24, 2.45) is 5.92 Å². The molecule has 1 unspecified atom stereocenters. The summed E-state index contributed by atoms with van der Waals surface area (Å²) in [6.45, 7) is 4.47. The molecule has 1 fully saturated rings. The first-order valence-corrected chi connectivity index (χ1v) is 6.69. The zero-order chi connectivity index (χ0) is 10.5. The number of nitrogens with one attached hydrogen (secondary N) is 2. The first kappa shape index (κ1) is 11.4. The second kappa shape index (κ2) is 5.85. The molecule has 2 heterocycles. The number of halogens is 1. The van der Waals surface area contributed by atoms with Crippen molar-refractivity contribution in [1.29, 1.82) is 0 Å². The van der Waals surface area contributed by atoms with Crippen molar-refractivity contribution in [1.82, 2.24) is 10.6 Å². The van der Waals surface area contributed by atoms with Crippen LogP contribution in [0.1, 0.15) is 17.7 Å². The molecule has 2 N–H and O–H groups in total. The molecule has 0 bridgehead atoms. The molecule has 1 saturated heterocycles. The predicted molar refractivity (Wildman–Crippen MR) is 66.6 cm³/mol. The molecule has 0 amide bonds. The van der Waals surface area contributed by atoms with E-state index in [1.165, 1.54) is 30.8 Å². The highest BCUT2D eigenvalue weighted by Crippen LogP contribution is 2.21. The van der Waals surface area contributed by atoms with Gasteiger partial charge in [-0.25, -0.2) is 0 Å². The van der Waals surface area contributed by atoms with E-state index in [2.05, 4.69) is 16.7 Å². The van der Waals surface area contributed by atoms with Gasteiger partial charge < -0.3 is 10.6 Å². The average Bonchev–Trinajstić information content (AvgIpc) is 2.84. The molecule has 0 radical (unpaired) electrons. The summed E-state index contributed by atoms with van der Waals surface area (Å²) >= 11 is 7.52.